The minimum atomic E-state index is -4.00. The first-order chi connectivity index (χ1) is 21.6. The van der Waals surface area contributed by atoms with Gasteiger partial charge in [0.15, 0.2) is 0 Å². The van der Waals surface area contributed by atoms with Crippen LogP contribution in [0.5, 0.6) is 5.75 Å². The number of hydrogen-bond acceptors (Lipinski definition) is 7. The van der Waals surface area contributed by atoms with Gasteiger partial charge in [-0.2, -0.15) is 0 Å². The van der Waals surface area contributed by atoms with Crippen molar-refractivity contribution in [3.05, 3.63) is 70.3 Å². The summed E-state index contributed by atoms with van der Waals surface area (Å²) in [6.45, 7) is 4.22. The number of amides is 1. The Kier molecular flexibility index (Phi) is 9.53. The van der Waals surface area contributed by atoms with Crippen molar-refractivity contribution in [2.24, 2.45) is 17.8 Å². The van der Waals surface area contributed by atoms with Gasteiger partial charge in [-0.3, -0.25) is 4.79 Å². The van der Waals surface area contributed by atoms with Crippen molar-refractivity contribution in [1.82, 2.24) is 4.72 Å². The fraction of sp³-hybridized carbons (Fsp3) is 0.571. The molecular formula is C35H45ClN2O6S. The number of nitrogens with zero attached hydrogens (tertiary/aromatic N) is 1. The number of allylic oxidation sites excluding steroid dienone is 1. The molecule has 1 N–H and O–H groups in total. The highest BCUT2D eigenvalue weighted by molar-refractivity contribution is 7.90. The quantitative estimate of drug-likeness (QED) is 0.409. The van der Waals surface area contributed by atoms with E-state index >= 15 is 0 Å². The molecule has 45 heavy (non-hydrogen) atoms. The number of ether oxygens (including phenoxy) is 3. The van der Waals surface area contributed by atoms with E-state index in [4.69, 9.17) is 25.8 Å². The summed E-state index contributed by atoms with van der Waals surface area (Å²) in [5.41, 5.74) is 3.42. The van der Waals surface area contributed by atoms with E-state index in [9.17, 15) is 13.2 Å². The fourth-order valence-electron chi connectivity index (χ4n) is 8.01. The average Bonchev–Trinajstić information content (AvgIpc) is 3.14. The summed E-state index contributed by atoms with van der Waals surface area (Å²) >= 11 is 6.42. The molecule has 2 aliphatic carbocycles. The first-order valence-corrected chi connectivity index (χ1v) is 18.1. The Hall–Kier alpha value is -2.59. The second-order valence-electron chi connectivity index (χ2n) is 13.4. The van der Waals surface area contributed by atoms with Crippen LogP contribution in [0.15, 0.2) is 48.6 Å². The lowest BCUT2D eigenvalue weighted by Crippen LogP contribution is -2.49. The maximum Gasteiger partial charge on any atom is 0.264 e. The minimum Gasteiger partial charge on any atom is -0.490 e. The van der Waals surface area contributed by atoms with Crippen molar-refractivity contribution in [3.63, 3.8) is 0 Å². The molecule has 10 heteroatoms. The summed E-state index contributed by atoms with van der Waals surface area (Å²) in [5.74, 6) is 0.583. The molecule has 0 unspecified atom stereocenters. The van der Waals surface area contributed by atoms with E-state index in [0.717, 1.165) is 55.9 Å². The Labute approximate surface area is 272 Å². The highest BCUT2D eigenvalue weighted by atomic mass is 35.5. The molecule has 1 amide bonds. The number of anilines is 1. The van der Waals surface area contributed by atoms with Crippen LogP contribution in [0.4, 0.5) is 5.69 Å². The summed E-state index contributed by atoms with van der Waals surface area (Å²) in [6.07, 6.45) is 10.1. The zero-order chi connectivity index (χ0) is 31.8. The zero-order valence-electron chi connectivity index (χ0n) is 26.5. The Morgan fingerprint density at radius 2 is 2.00 bits per heavy atom. The third-order valence-corrected chi connectivity index (χ3v) is 12.8. The predicted octanol–water partition coefficient (Wildman–Crippen LogP) is 5.92. The van der Waals surface area contributed by atoms with Gasteiger partial charge in [0.1, 0.15) is 5.75 Å². The van der Waals surface area contributed by atoms with Crippen molar-refractivity contribution >= 4 is 33.2 Å². The number of nitrogens with one attached hydrogen (secondary N) is 1. The lowest BCUT2D eigenvalue weighted by atomic mass is 9.68. The number of carbonyl (C=O) groups is 1. The molecule has 2 heterocycles. The number of methoxy groups -OCH3 is 2. The highest BCUT2D eigenvalue weighted by Crippen LogP contribution is 2.47. The lowest BCUT2D eigenvalue weighted by Gasteiger charge is -2.46. The molecule has 1 fully saturated rings. The highest BCUT2D eigenvalue weighted by Gasteiger charge is 2.44. The molecule has 0 aromatic heterocycles. The zero-order valence-corrected chi connectivity index (χ0v) is 28.0. The molecule has 2 aliphatic heterocycles. The van der Waals surface area contributed by atoms with Crippen LogP contribution in [0.1, 0.15) is 66.9 Å². The third kappa shape index (κ3) is 6.51. The van der Waals surface area contributed by atoms with Crippen LogP contribution in [0.2, 0.25) is 5.02 Å². The second-order valence-corrected chi connectivity index (χ2v) is 15.8. The van der Waals surface area contributed by atoms with Gasteiger partial charge in [0, 0.05) is 49.9 Å². The van der Waals surface area contributed by atoms with Crippen LogP contribution >= 0.6 is 11.6 Å². The summed E-state index contributed by atoms with van der Waals surface area (Å²) in [5, 5.41) is -0.0501. The molecule has 2 aromatic carbocycles. The van der Waals surface area contributed by atoms with E-state index in [1.165, 1.54) is 11.1 Å². The molecule has 1 spiro atoms. The average molecular weight is 657 g/mol. The van der Waals surface area contributed by atoms with Gasteiger partial charge in [0.2, 0.25) is 10.0 Å². The number of halogens is 1. The summed E-state index contributed by atoms with van der Waals surface area (Å²) < 4.78 is 47.6. The maximum atomic E-state index is 13.7. The number of benzene rings is 2. The number of carbonyl (C=O) groups excluding carboxylic acids is 1. The van der Waals surface area contributed by atoms with Gasteiger partial charge in [-0.25, -0.2) is 13.1 Å². The maximum absolute atomic E-state index is 13.7. The monoisotopic (exact) mass is 656 g/mol. The minimum absolute atomic E-state index is 0.0573. The Morgan fingerprint density at radius 1 is 1.16 bits per heavy atom. The normalized spacial score (nSPS) is 31.9. The molecule has 6 rings (SSSR count). The van der Waals surface area contributed by atoms with Crippen LogP contribution in [0, 0.1) is 17.8 Å². The van der Waals surface area contributed by atoms with E-state index < -0.39 is 21.2 Å². The van der Waals surface area contributed by atoms with Gasteiger partial charge in [-0.1, -0.05) is 36.7 Å². The number of aryl methyl sites for hydroxylation is 1. The molecule has 6 atom stereocenters. The number of rotatable bonds is 4. The third-order valence-electron chi connectivity index (χ3n) is 10.6. The van der Waals surface area contributed by atoms with Crippen molar-refractivity contribution in [2.75, 3.05) is 45.4 Å². The molecular weight excluding hydrogens is 612 g/mol. The van der Waals surface area contributed by atoms with E-state index in [0.29, 0.717) is 36.2 Å². The van der Waals surface area contributed by atoms with Crippen molar-refractivity contribution in [1.29, 1.82) is 0 Å². The van der Waals surface area contributed by atoms with Gasteiger partial charge in [0.25, 0.3) is 5.91 Å². The molecule has 2 bridgehead atoms. The van der Waals surface area contributed by atoms with Crippen molar-refractivity contribution in [2.45, 2.75) is 68.6 Å². The lowest BCUT2D eigenvalue weighted by molar-refractivity contribution is 0.0131. The summed E-state index contributed by atoms with van der Waals surface area (Å²) in [6, 6.07) is 11.5. The Balaban J connectivity index is 1.42. The standard InChI is InChI=1S/C35H45ClN2O6S/c1-23-6-4-8-31(43-3)28-12-9-26(28)20-38-21-35(16-5-7-24-18-27(36)11-13-29(24)35)22-44-32-14-10-25(19-30(32)38)34(39)37-45(40,41)33(23)15-17-42-2/h4,8,10-11,13-14,18-19,23,26,28,31,33H,5-7,9,12,15-17,20-22H2,1-3H3,(H,37,39)/b8-4-/t23-,26-,28+,31-,33+,35-/m0/s1. The fourth-order valence-corrected chi connectivity index (χ4v) is 9.86. The van der Waals surface area contributed by atoms with Gasteiger partial charge in [-0.05, 0) is 104 Å². The second kappa shape index (κ2) is 13.3. The molecule has 0 radical (unpaired) electrons. The Bertz CT molecular complexity index is 1550. The largest absolute Gasteiger partial charge is 0.490 e. The smallest absolute Gasteiger partial charge is 0.264 e. The molecule has 0 saturated heterocycles. The summed E-state index contributed by atoms with van der Waals surface area (Å²) in [7, 11) is -0.687. The summed E-state index contributed by atoms with van der Waals surface area (Å²) in [4.78, 5) is 16.0. The predicted molar refractivity (Wildman–Crippen MR) is 177 cm³/mol. The van der Waals surface area contributed by atoms with Gasteiger partial charge in [-0.15, -0.1) is 0 Å². The molecule has 4 aliphatic rings. The van der Waals surface area contributed by atoms with E-state index in [-0.39, 0.29) is 30.5 Å². The molecule has 2 aromatic rings. The van der Waals surface area contributed by atoms with Crippen LogP contribution in [-0.2, 0) is 31.3 Å². The van der Waals surface area contributed by atoms with Gasteiger partial charge < -0.3 is 19.1 Å². The molecule has 244 valence electrons. The Morgan fingerprint density at radius 3 is 2.76 bits per heavy atom. The number of sulfonamides is 1. The van der Waals surface area contributed by atoms with Crippen molar-refractivity contribution in [3.8, 4) is 5.75 Å². The topological polar surface area (TPSA) is 94.2 Å². The first kappa shape index (κ1) is 32.4. The molecule has 8 nitrogen and oxygen atoms in total. The first-order valence-electron chi connectivity index (χ1n) is 16.2. The number of hydrogen-bond donors (Lipinski definition) is 1. The van der Waals surface area contributed by atoms with Crippen LogP contribution < -0.4 is 14.4 Å². The van der Waals surface area contributed by atoms with Gasteiger partial charge >= 0.3 is 0 Å². The van der Waals surface area contributed by atoms with Crippen LogP contribution in [0.25, 0.3) is 0 Å². The SMILES string of the molecule is COCC[C@@H]1[C@@H](C)C/C=C\[C@H](OC)[C@@H]2CC[C@H]2CN2C[C@@]3(CCCc4cc(Cl)ccc43)COc3ccc(cc32)C(=O)NS1(=O)=O. The van der Waals surface area contributed by atoms with Crippen molar-refractivity contribution < 1.29 is 27.4 Å². The van der Waals surface area contributed by atoms with E-state index in [2.05, 4.69) is 33.9 Å². The van der Waals surface area contributed by atoms with Gasteiger partial charge in [0.05, 0.1) is 23.6 Å². The molecule has 1 saturated carbocycles. The van der Waals surface area contributed by atoms with Crippen LogP contribution in [0.3, 0.4) is 0 Å². The van der Waals surface area contributed by atoms with E-state index in [1.807, 2.05) is 25.1 Å². The van der Waals surface area contributed by atoms with E-state index in [1.54, 1.807) is 20.3 Å². The number of fused-ring (bicyclic) bond motifs is 4. The van der Waals surface area contributed by atoms with Crippen LogP contribution in [-0.4, -0.2) is 66.2 Å².